The molecular formula is C25H32BrN3O4. The lowest BCUT2D eigenvalue weighted by Gasteiger charge is -2.30. The van der Waals surface area contributed by atoms with Crippen LogP contribution in [0.2, 0.25) is 0 Å². The quantitative estimate of drug-likeness (QED) is 0.401. The molecule has 1 aliphatic carbocycles. The van der Waals surface area contributed by atoms with Gasteiger partial charge in [0.05, 0.1) is 11.8 Å². The summed E-state index contributed by atoms with van der Waals surface area (Å²) in [6, 6.07) is 6.89. The number of amides is 4. The summed E-state index contributed by atoms with van der Waals surface area (Å²) in [7, 11) is 0. The molecule has 8 heteroatoms. The predicted molar refractivity (Wildman–Crippen MR) is 129 cm³/mol. The zero-order valence-electron chi connectivity index (χ0n) is 19.4. The average molecular weight is 518 g/mol. The minimum Gasteiger partial charge on any atom is -0.352 e. The Balaban J connectivity index is 1.72. The second kappa shape index (κ2) is 11.1. The number of carbonyl (C=O) groups excluding carboxylic acids is 4. The van der Waals surface area contributed by atoms with Gasteiger partial charge in [-0.3, -0.25) is 24.1 Å². The third-order valence-corrected chi connectivity index (χ3v) is 7.05. The Hall–Kier alpha value is -2.48. The second-order valence-corrected chi connectivity index (χ2v) is 9.80. The Morgan fingerprint density at radius 3 is 2.36 bits per heavy atom. The van der Waals surface area contributed by atoms with E-state index in [4.69, 9.17) is 0 Å². The van der Waals surface area contributed by atoms with Gasteiger partial charge in [0.25, 0.3) is 0 Å². The number of rotatable bonds is 9. The van der Waals surface area contributed by atoms with Crippen molar-refractivity contribution in [1.82, 2.24) is 15.1 Å². The molecule has 1 aliphatic heterocycles. The molecule has 178 valence electrons. The monoisotopic (exact) mass is 517 g/mol. The summed E-state index contributed by atoms with van der Waals surface area (Å²) in [4.78, 5) is 54.3. The van der Waals surface area contributed by atoms with Crippen molar-refractivity contribution < 1.29 is 19.2 Å². The Morgan fingerprint density at radius 1 is 1.15 bits per heavy atom. The van der Waals surface area contributed by atoms with E-state index in [1.54, 1.807) is 6.92 Å². The molecule has 0 spiro atoms. The minimum atomic E-state index is -0.692. The summed E-state index contributed by atoms with van der Waals surface area (Å²) in [5.41, 5.74) is 0.881. The average Bonchev–Trinajstić information content (AvgIpc) is 3.05. The van der Waals surface area contributed by atoms with Gasteiger partial charge in [0.1, 0.15) is 6.04 Å². The summed E-state index contributed by atoms with van der Waals surface area (Å²) >= 11 is 3.45. The number of hydrogen-bond donors (Lipinski definition) is 1. The number of carbonyl (C=O) groups is 4. The van der Waals surface area contributed by atoms with Gasteiger partial charge in [-0.1, -0.05) is 47.1 Å². The first-order valence-corrected chi connectivity index (χ1v) is 12.4. The third-order valence-electron chi connectivity index (χ3n) is 6.56. The number of nitrogens with one attached hydrogen (secondary N) is 1. The highest BCUT2D eigenvalue weighted by atomic mass is 79.9. The molecule has 1 aromatic rings. The van der Waals surface area contributed by atoms with Crippen molar-refractivity contribution >= 4 is 39.6 Å². The molecule has 3 rings (SSSR count). The van der Waals surface area contributed by atoms with Crippen molar-refractivity contribution in [2.24, 2.45) is 11.8 Å². The number of benzene rings is 1. The zero-order chi connectivity index (χ0) is 24.1. The van der Waals surface area contributed by atoms with E-state index in [1.165, 1.54) is 9.80 Å². The fourth-order valence-corrected chi connectivity index (χ4v) is 4.77. The van der Waals surface area contributed by atoms with Crippen LogP contribution in [0.4, 0.5) is 0 Å². The van der Waals surface area contributed by atoms with Crippen molar-refractivity contribution in [1.29, 1.82) is 0 Å². The van der Waals surface area contributed by atoms with Crippen LogP contribution < -0.4 is 5.32 Å². The highest BCUT2D eigenvalue weighted by Crippen LogP contribution is 2.35. The molecular weight excluding hydrogens is 486 g/mol. The predicted octanol–water partition coefficient (Wildman–Crippen LogP) is 3.42. The molecule has 2 unspecified atom stereocenters. The van der Waals surface area contributed by atoms with E-state index >= 15 is 0 Å². The number of hydrogen-bond acceptors (Lipinski definition) is 4. The maximum Gasteiger partial charge on any atom is 0.242 e. The number of halogens is 1. The maximum atomic E-state index is 13.3. The molecule has 1 saturated heterocycles. The van der Waals surface area contributed by atoms with Gasteiger partial charge in [-0.05, 0) is 50.8 Å². The normalized spacial score (nSPS) is 21.5. The molecule has 0 radical (unpaired) electrons. The summed E-state index contributed by atoms with van der Waals surface area (Å²) in [5, 5.41) is 2.94. The molecule has 1 heterocycles. The smallest absolute Gasteiger partial charge is 0.242 e. The van der Waals surface area contributed by atoms with E-state index in [1.807, 2.05) is 50.3 Å². The first kappa shape index (κ1) is 25.1. The molecule has 7 nitrogen and oxygen atoms in total. The lowest BCUT2D eigenvalue weighted by atomic mass is 9.85. The molecule has 1 aromatic carbocycles. The van der Waals surface area contributed by atoms with E-state index in [2.05, 4.69) is 21.2 Å². The van der Waals surface area contributed by atoms with E-state index in [0.29, 0.717) is 12.8 Å². The summed E-state index contributed by atoms with van der Waals surface area (Å²) in [6.45, 7) is 5.91. The van der Waals surface area contributed by atoms with Crippen LogP contribution in [0.5, 0.6) is 0 Å². The van der Waals surface area contributed by atoms with E-state index in [9.17, 15) is 19.2 Å². The lowest BCUT2D eigenvalue weighted by molar-refractivity contribution is -0.143. The van der Waals surface area contributed by atoms with Crippen LogP contribution in [0.3, 0.4) is 0 Å². The Labute approximate surface area is 203 Å². The molecule has 1 N–H and O–H groups in total. The van der Waals surface area contributed by atoms with Crippen LogP contribution in [0, 0.1) is 11.8 Å². The van der Waals surface area contributed by atoms with Gasteiger partial charge in [-0.2, -0.15) is 0 Å². The van der Waals surface area contributed by atoms with Gasteiger partial charge in [0.15, 0.2) is 0 Å². The van der Waals surface area contributed by atoms with Gasteiger partial charge < -0.3 is 10.2 Å². The van der Waals surface area contributed by atoms with Crippen molar-refractivity contribution in [2.75, 3.05) is 6.54 Å². The molecule has 0 aromatic heterocycles. The van der Waals surface area contributed by atoms with Gasteiger partial charge in [0.2, 0.25) is 23.6 Å². The van der Waals surface area contributed by atoms with E-state index in [-0.39, 0.29) is 61.0 Å². The number of nitrogens with zero attached hydrogens (tertiary/aromatic N) is 2. The molecule has 0 saturated carbocycles. The van der Waals surface area contributed by atoms with Crippen molar-refractivity contribution in [3.63, 3.8) is 0 Å². The fourth-order valence-electron chi connectivity index (χ4n) is 4.32. The summed E-state index contributed by atoms with van der Waals surface area (Å²) in [6.07, 6.45) is 5.80. The summed E-state index contributed by atoms with van der Waals surface area (Å²) in [5.74, 6) is -1.49. The van der Waals surface area contributed by atoms with Crippen LogP contribution in [0.1, 0.15) is 52.0 Å². The molecule has 0 bridgehead atoms. The third kappa shape index (κ3) is 5.91. The standard InChI is InChI=1S/C25H32BrN3O4/c1-4-16(2)27-23(31)17(3)29(15-18-8-7-9-19(26)14-18)22(30)12-13-28-24(32)20-10-5-6-11-21(20)25(28)33/h5-9,14,16-17,20-21H,4,10-13,15H2,1-3H3,(H,27,31)/t16?,17?,20-,21+. The summed E-state index contributed by atoms with van der Waals surface area (Å²) < 4.78 is 0.883. The Kier molecular flexibility index (Phi) is 8.46. The van der Waals surface area contributed by atoms with Crippen molar-refractivity contribution in [2.45, 2.75) is 65.1 Å². The molecule has 4 atom stereocenters. The lowest BCUT2D eigenvalue weighted by Crippen LogP contribution is -2.50. The number of imide groups is 1. The van der Waals surface area contributed by atoms with Crippen LogP contribution in [0.25, 0.3) is 0 Å². The fraction of sp³-hybridized carbons (Fsp3) is 0.520. The van der Waals surface area contributed by atoms with Gasteiger partial charge in [-0.15, -0.1) is 0 Å². The second-order valence-electron chi connectivity index (χ2n) is 8.88. The van der Waals surface area contributed by atoms with E-state index in [0.717, 1.165) is 16.5 Å². The number of fused-ring (bicyclic) bond motifs is 1. The Bertz CT molecular complexity index is 921. The van der Waals surface area contributed by atoms with Crippen molar-refractivity contribution in [3.05, 3.63) is 46.5 Å². The highest BCUT2D eigenvalue weighted by Gasteiger charge is 2.47. The topological polar surface area (TPSA) is 86.8 Å². The number of likely N-dealkylation sites (tertiary alicyclic amines) is 1. The Morgan fingerprint density at radius 2 is 1.79 bits per heavy atom. The van der Waals surface area contributed by atoms with Crippen LogP contribution in [-0.4, -0.2) is 52.1 Å². The molecule has 33 heavy (non-hydrogen) atoms. The zero-order valence-corrected chi connectivity index (χ0v) is 21.0. The van der Waals surface area contributed by atoms with Crippen LogP contribution in [-0.2, 0) is 25.7 Å². The van der Waals surface area contributed by atoms with Crippen LogP contribution in [0.15, 0.2) is 40.9 Å². The number of allylic oxidation sites excluding steroid dienone is 2. The van der Waals surface area contributed by atoms with Crippen LogP contribution >= 0.6 is 15.9 Å². The largest absolute Gasteiger partial charge is 0.352 e. The van der Waals surface area contributed by atoms with Crippen molar-refractivity contribution in [3.8, 4) is 0 Å². The van der Waals surface area contributed by atoms with Gasteiger partial charge in [-0.25, -0.2) is 0 Å². The molecule has 1 fully saturated rings. The first-order valence-electron chi connectivity index (χ1n) is 11.6. The first-order chi connectivity index (χ1) is 15.7. The highest BCUT2D eigenvalue weighted by molar-refractivity contribution is 9.10. The minimum absolute atomic E-state index is 0.000399. The van der Waals surface area contributed by atoms with Gasteiger partial charge >= 0.3 is 0 Å². The molecule has 4 amide bonds. The molecule has 2 aliphatic rings. The SMILES string of the molecule is CCC(C)NC(=O)C(C)N(Cc1cccc(Br)c1)C(=O)CCN1C(=O)[C@H]2CC=CC[C@H]2C1=O. The van der Waals surface area contributed by atoms with Gasteiger partial charge in [0, 0.05) is 30.0 Å². The maximum absolute atomic E-state index is 13.3. The van der Waals surface area contributed by atoms with E-state index < -0.39 is 6.04 Å².